The van der Waals surface area contributed by atoms with E-state index in [9.17, 15) is 9.59 Å². The van der Waals surface area contributed by atoms with Crippen LogP contribution in [0.25, 0.3) is 0 Å². The highest BCUT2D eigenvalue weighted by Gasteiger charge is 2.16. The molecular weight excluding hydrogens is 276 g/mol. The lowest BCUT2D eigenvalue weighted by Gasteiger charge is -2.12. The summed E-state index contributed by atoms with van der Waals surface area (Å²) < 4.78 is 10.2. The fourth-order valence-electron chi connectivity index (χ4n) is 1.56. The zero-order valence-electron chi connectivity index (χ0n) is 12.1. The molecule has 21 heavy (non-hydrogen) atoms. The Morgan fingerprint density at radius 3 is 2.71 bits per heavy atom. The van der Waals surface area contributed by atoms with E-state index in [-0.39, 0.29) is 6.54 Å². The molecule has 7 heteroatoms. The van der Waals surface area contributed by atoms with Crippen LogP contribution in [0.4, 0.5) is 4.79 Å². The first-order valence-electron chi connectivity index (χ1n) is 6.49. The van der Waals surface area contributed by atoms with Gasteiger partial charge in [-0.25, -0.2) is 9.59 Å². The van der Waals surface area contributed by atoms with Crippen LogP contribution in [0, 0.1) is 6.92 Å². The predicted molar refractivity (Wildman–Crippen MR) is 76.5 cm³/mol. The van der Waals surface area contributed by atoms with Gasteiger partial charge in [0.2, 0.25) is 0 Å². The van der Waals surface area contributed by atoms with Crippen LogP contribution in [0.5, 0.6) is 5.75 Å². The van der Waals surface area contributed by atoms with Gasteiger partial charge in [-0.2, -0.15) is 0 Å². The second kappa shape index (κ2) is 8.80. The number of carbonyl (C=O) groups excluding carboxylic acids is 1. The third-order valence-corrected chi connectivity index (χ3v) is 2.65. The van der Waals surface area contributed by atoms with Gasteiger partial charge in [-0.1, -0.05) is 12.1 Å². The van der Waals surface area contributed by atoms with Crippen LogP contribution < -0.4 is 15.4 Å². The average molecular weight is 296 g/mol. The van der Waals surface area contributed by atoms with Gasteiger partial charge in [0.25, 0.3) is 0 Å². The molecule has 1 unspecified atom stereocenters. The summed E-state index contributed by atoms with van der Waals surface area (Å²) in [6, 6.07) is 7.12. The molecular formula is C14H20N2O5. The largest absolute Gasteiger partial charge is 0.492 e. The fraction of sp³-hybridized carbons (Fsp3) is 0.429. The Balaban J connectivity index is 2.17. The highest BCUT2D eigenvalue weighted by Crippen LogP contribution is 2.11. The van der Waals surface area contributed by atoms with Crippen LogP contribution in [0.1, 0.15) is 5.56 Å². The number of hydrogen-bond donors (Lipinski definition) is 3. The van der Waals surface area contributed by atoms with E-state index in [0.717, 1.165) is 11.3 Å². The summed E-state index contributed by atoms with van der Waals surface area (Å²) in [6.07, 6.45) is -1.06. The maximum atomic E-state index is 11.4. The number of ether oxygens (including phenoxy) is 2. The van der Waals surface area contributed by atoms with Crippen molar-refractivity contribution in [3.05, 3.63) is 29.8 Å². The van der Waals surface area contributed by atoms with Gasteiger partial charge in [-0.05, 0) is 24.6 Å². The van der Waals surface area contributed by atoms with Gasteiger partial charge in [0.1, 0.15) is 12.4 Å². The molecule has 0 saturated heterocycles. The lowest BCUT2D eigenvalue weighted by atomic mass is 10.2. The van der Waals surface area contributed by atoms with E-state index in [1.54, 1.807) is 0 Å². The molecule has 1 atom stereocenters. The second-order valence-electron chi connectivity index (χ2n) is 4.36. The average Bonchev–Trinajstić information content (AvgIpc) is 2.44. The number of urea groups is 1. The summed E-state index contributed by atoms with van der Waals surface area (Å²) in [7, 11) is 1.27. The van der Waals surface area contributed by atoms with Crippen molar-refractivity contribution in [3.8, 4) is 5.75 Å². The van der Waals surface area contributed by atoms with E-state index in [1.165, 1.54) is 7.11 Å². The van der Waals surface area contributed by atoms with E-state index >= 15 is 0 Å². The Bertz CT molecular complexity index is 478. The summed E-state index contributed by atoms with van der Waals surface area (Å²) in [5.41, 5.74) is 1.09. The summed E-state index contributed by atoms with van der Waals surface area (Å²) in [5, 5.41) is 13.7. The molecule has 0 heterocycles. The lowest BCUT2D eigenvalue weighted by molar-refractivity contribution is -0.147. The smallest absolute Gasteiger partial charge is 0.334 e. The third-order valence-electron chi connectivity index (χ3n) is 2.65. The minimum atomic E-state index is -1.12. The SMILES string of the molecule is COC(CNC(=O)NCCOc1cccc(C)c1)C(=O)O. The minimum absolute atomic E-state index is 0.101. The number of carboxylic acid groups (broad SMARTS) is 1. The normalized spacial score (nSPS) is 11.5. The molecule has 0 aliphatic heterocycles. The van der Waals surface area contributed by atoms with Gasteiger partial charge >= 0.3 is 12.0 Å². The first-order chi connectivity index (χ1) is 10.0. The van der Waals surface area contributed by atoms with Crippen LogP contribution in [0.2, 0.25) is 0 Å². The molecule has 0 aliphatic carbocycles. The molecule has 3 N–H and O–H groups in total. The third kappa shape index (κ3) is 6.62. The van der Waals surface area contributed by atoms with Crippen molar-refractivity contribution in [3.63, 3.8) is 0 Å². The highest BCUT2D eigenvalue weighted by molar-refractivity contribution is 5.76. The summed E-state index contributed by atoms with van der Waals surface area (Å²) >= 11 is 0. The molecule has 116 valence electrons. The molecule has 7 nitrogen and oxygen atoms in total. The van der Waals surface area contributed by atoms with E-state index in [2.05, 4.69) is 10.6 Å². The van der Waals surface area contributed by atoms with Crippen molar-refractivity contribution in [2.24, 2.45) is 0 Å². The van der Waals surface area contributed by atoms with Crippen molar-refractivity contribution < 1.29 is 24.2 Å². The Morgan fingerprint density at radius 2 is 2.10 bits per heavy atom. The maximum absolute atomic E-state index is 11.4. The van der Waals surface area contributed by atoms with Crippen molar-refractivity contribution in [2.75, 3.05) is 26.8 Å². The summed E-state index contributed by atoms with van der Waals surface area (Å²) in [6.45, 7) is 2.50. The first-order valence-corrected chi connectivity index (χ1v) is 6.49. The number of amides is 2. The first kappa shape index (κ1) is 16.8. The van der Waals surface area contributed by atoms with E-state index < -0.39 is 18.1 Å². The quantitative estimate of drug-likeness (QED) is 0.616. The monoisotopic (exact) mass is 296 g/mol. The Kier molecular flexibility index (Phi) is 7.03. The zero-order chi connectivity index (χ0) is 15.7. The maximum Gasteiger partial charge on any atom is 0.334 e. The molecule has 0 aromatic heterocycles. The molecule has 1 rings (SSSR count). The minimum Gasteiger partial charge on any atom is -0.492 e. The number of aryl methyl sites for hydroxylation is 1. The number of carboxylic acids is 1. The number of benzene rings is 1. The second-order valence-corrected chi connectivity index (χ2v) is 4.36. The van der Waals surface area contributed by atoms with Crippen molar-refractivity contribution >= 4 is 12.0 Å². The van der Waals surface area contributed by atoms with Gasteiger partial charge in [0, 0.05) is 7.11 Å². The molecule has 0 fully saturated rings. The molecule has 0 bridgehead atoms. The summed E-state index contributed by atoms with van der Waals surface area (Å²) in [4.78, 5) is 22.1. The predicted octanol–water partition coefficient (Wildman–Crippen LogP) is 0.773. The van der Waals surface area contributed by atoms with E-state index in [4.69, 9.17) is 14.6 Å². The van der Waals surface area contributed by atoms with Crippen molar-refractivity contribution in [2.45, 2.75) is 13.0 Å². The molecule has 0 spiro atoms. The van der Waals surface area contributed by atoms with Crippen molar-refractivity contribution in [1.82, 2.24) is 10.6 Å². The van der Waals surface area contributed by atoms with Gasteiger partial charge in [-0.3, -0.25) is 0 Å². The van der Waals surface area contributed by atoms with Gasteiger partial charge in [-0.15, -0.1) is 0 Å². The Labute approximate surface area is 123 Å². The van der Waals surface area contributed by atoms with Crippen LogP contribution in [0.3, 0.4) is 0 Å². The lowest BCUT2D eigenvalue weighted by Crippen LogP contribution is -2.43. The van der Waals surface area contributed by atoms with E-state index in [0.29, 0.717) is 13.2 Å². The number of carbonyl (C=O) groups is 2. The fourth-order valence-corrected chi connectivity index (χ4v) is 1.56. The molecule has 1 aromatic carbocycles. The highest BCUT2D eigenvalue weighted by atomic mass is 16.5. The van der Waals surface area contributed by atoms with Crippen LogP contribution in [-0.4, -0.2) is 50.0 Å². The topological polar surface area (TPSA) is 96.9 Å². The standard InChI is InChI=1S/C14H20N2O5/c1-10-4-3-5-11(8-10)21-7-6-15-14(19)16-9-12(20-2)13(17)18/h3-5,8,12H,6-7,9H2,1-2H3,(H,17,18)(H2,15,16,19). The number of aliphatic carboxylic acids is 1. The zero-order valence-corrected chi connectivity index (χ0v) is 12.1. The number of nitrogens with one attached hydrogen (secondary N) is 2. The van der Waals surface area contributed by atoms with Gasteiger partial charge in [0.15, 0.2) is 6.10 Å². The van der Waals surface area contributed by atoms with Crippen LogP contribution >= 0.6 is 0 Å². The number of methoxy groups -OCH3 is 1. The van der Waals surface area contributed by atoms with Crippen LogP contribution in [0.15, 0.2) is 24.3 Å². The number of rotatable bonds is 8. The van der Waals surface area contributed by atoms with Gasteiger partial charge < -0.3 is 25.2 Å². The molecule has 0 radical (unpaired) electrons. The van der Waals surface area contributed by atoms with E-state index in [1.807, 2.05) is 31.2 Å². The Morgan fingerprint density at radius 1 is 1.33 bits per heavy atom. The van der Waals surface area contributed by atoms with Crippen LogP contribution in [-0.2, 0) is 9.53 Å². The van der Waals surface area contributed by atoms with Gasteiger partial charge in [0.05, 0.1) is 13.1 Å². The van der Waals surface area contributed by atoms with Crippen molar-refractivity contribution in [1.29, 1.82) is 0 Å². The number of hydrogen-bond acceptors (Lipinski definition) is 4. The molecule has 0 aliphatic rings. The molecule has 1 aromatic rings. The summed E-state index contributed by atoms with van der Waals surface area (Å²) in [5.74, 6) is -0.386. The molecule has 2 amide bonds. The Hall–Kier alpha value is -2.28. The molecule has 0 saturated carbocycles.